The Labute approximate surface area is 171 Å². The first-order chi connectivity index (χ1) is 12.9. The molecular weight excluding hydrogens is 400 g/mol. The first-order valence-corrected chi connectivity index (χ1v) is 9.62. The summed E-state index contributed by atoms with van der Waals surface area (Å²) in [5, 5.41) is 1.53. The number of nitrogens with zero attached hydrogens (tertiary/aromatic N) is 1. The molecule has 2 aromatic rings. The monoisotopic (exact) mass is 414 g/mol. The molecule has 1 aliphatic heterocycles. The summed E-state index contributed by atoms with van der Waals surface area (Å²) in [5.41, 5.74) is 4.83. The maximum Gasteiger partial charge on any atom is 0.285 e. The van der Waals surface area contributed by atoms with Gasteiger partial charge in [0.15, 0.2) is 4.32 Å². The normalized spacial score (nSPS) is 16.1. The van der Waals surface area contributed by atoms with Gasteiger partial charge in [0, 0.05) is 10.6 Å². The van der Waals surface area contributed by atoms with Crippen LogP contribution in [0.2, 0.25) is 5.02 Å². The lowest BCUT2D eigenvalue weighted by molar-refractivity contribution is -0.123. The zero-order chi connectivity index (χ0) is 19.4. The Bertz CT molecular complexity index is 971. The minimum absolute atomic E-state index is 0.272. The van der Waals surface area contributed by atoms with E-state index in [4.69, 9.17) is 23.8 Å². The molecule has 1 aliphatic rings. The molecule has 1 saturated heterocycles. The minimum Gasteiger partial charge on any atom is -0.267 e. The largest absolute Gasteiger partial charge is 0.285 e. The molecule has 2 aromatic carbocycles. The molecule has 3 rings (SSSR count). The van der Waals surface area contributed by atoms with Crippen LogP contribution in [-0.4, -0.2) is 21.1 Å². The predicted octanol–water partition coefficient (Wildman–Crippen LogP) is 4.83. The number of carbonyl (C=O) groups excluding carboxylic acids is 2. The van der Waals surface area contributed by atoms with Gasteiger partial charge in [-0.3, -0.25) is 15.0 Å². The standard InChI is InChI=1S/C20H15ClN2O2S2/c1-13(10-14-6-3-2-4-7-14)11-17-19(25)23(20(26)27-17)22-18(24)15-8-5-9-16(21)12-15/h2-12H,1H3,(H,22,24)/b13-10?,17-11-. The summed E-state index contributed by atoms with van der Waals surface area (Å²) < 4.78 is 0.272. The fourth-order valence-corrected chi connectivity index (χ4v) is 3.84. The lowest BCUT2D eigenvalue weighted by Crippen LogP contribution is -2.44. The molecule has 1 fully saturated rings. The Hall–Kier alpha value is -2.41. The molecule has 27 heavy (non-hydrogen) atoms. The molecule has 0 radical (unpaired) electrons. The molecule has 0 unspecified atom stereocenters. The average molecular weight is 415 g/mol. The topological polar surface area (TPSA) is 49.4 Å². The van der Waals surface area contributed by atoms with E-state index < -0.39 is 5.91 Å². The van der Waals surface area contributed by atoms with Gasteiger partial charge in [0.1, 0.15) is 0 Å². The summed E-state index contributed by atoms with van der Waals surface area (Å²) in [6, 6.07) is 16.3. The summed E-state index contributed by atoms with van der Waals surface area (Å²) >= 11 is 12.3. The van der Waals surface area contributed by atoms with Crippen LogP contribution in [0.3, 0.4) is 0 Å². The number of thiocarbonyl (C=S) groups is 1. The number of carbonyl (C=O) groups is 2. The fraction of sp³-hybridized carbons (Fsp3) is 0.0500. The quantitative estimate of drug-likeness (QED) is 0.575. The number of nitrogens with one attached hydrogen (secondary N) is 1. The SMILES string of the molecule is CC(=Cc1ccccc1)/C=C1\SC(=S)N(NC(=O)c2cccc(Cl)c2)C1=O. The molecule has 0 spiro atoms. The number of amides is 2. The van der Waals surface area contributed by atoms with Crippen LogP contribution in [0.4, 0.5) is 0 Å². The number of allylic oxidation sites excluding steroid dienone is 2. The van der Waals surface area contributed by atoms with Crippen molar-refractivity contribution in [3.05, 3.63) is 87.3 Å². The zero-order valence-corrected chi connectivity index (χ0v) is 16.7. The number of halogens is 1. The van der Waals surface area contributed by atoms with Crippen LogP contribution in [0.25, 0.3) is 6.08 Å². The summed E-state index contributed by atoms with van der Waals surface area (Å²) in [6.45, 7) is 1.91. The second kappa shape index (κ2) is 8.52. The van der Waals surface area contributed by atoms with Crippen molar-refractivity contribution in [2.45, 2.75) is 6.92 Å². The smallest absolute Gasteiger partial charge is 0.267 e. The fourth-order valence-electron chi connectivity index (χ4n) is 2.42. The summed E-state index contributed by atoms with van der Waals surface area (Å²) in [6.07, 6.45) is 3.73. The molecule has 0 aliphatic carbocycles. The van der Waals surface area contributed by atoms with Gasteiger partial charge in [0.25, 0.3) is 11.8 Å². The van der Waals surface area contributed by atoms with Crippen LogP contribution in [0.1, 0.15) is 22.8 Å². The number of hydrazine groups is 1. The van der Waals surface area contributed by atoms with Crippen molar-refractivity contribution >= 4 is 57.8 Å². The highest BCUT2D eigenvalue weighted by atomic mass is 35.5. The highest BCUT2D eigenvalue weighted by Gasteiger charge is 2.33. The Kier molecular flexibility index (Phi) is 6.11. The van der Waals surface area contributed by atoms with Gasteiger partial charge in [-0.25, -0.2) is 0 Å². The number of rotatable bonds is 4. The van der Waals surface area contributed by atoms with Crippen LogP contribution in [0.5, 0.6) is 0 Å². The first kappa shape index (κ1) is 19.4. The first-order valence-electron chi connectivity index (χ1n) is 8.02. The van der Waals surface area contributed by atoms with E-state index in [2.05, 4.69) is 5.43 Å². The van der Waals surface area contributed by atoms with Crippen molar-refractivity contribution in [1.29, 1.82) is 0 Å². The van der Waals surface area contributed by atoms with Crippen molar-refractivity contribution in [1.82, 2.24) is 10.4 Å². The molecule has 136 valence electrons. The molecular formula is C20H15ClN2O2S2. The van der Waals surface area contributed by atoms with Crippen molar-refractivity contribution in [3.8, 4) is 0 Å². The van der Waals surface area contributed by atoms with E-state index in [1.165, 1.54) is 6.07 Å². The molecule has 0 atom stereocenters. The molecule has 4 nitrogen and oxygen atoms in total. The second-order valence-corrected chi connectivity index (χ2v) is 7.88. The molecule has 0 bridgehead atoms. The van der Waals surface area contributed by atoms with Crippen molar-refractivity contribution in [3.63, 3.8) is 0 Å². The Morgan fingerprint density at radius 2 is 1.93 bits per heavy atom. The Balaban J connectivity index is 1.75. The van der Waals surface area contributed by atoms with Crippen LogP contribution in [0.15, 0.2) is 71.2 Å². The highest BCUT2D eigenvalue weighted by Crippen LogP contribution is 2.31. The van der Waals surface area contributed by atoms with Gasteiger partial charge < -0.3 is 0 Å². The lowest BCUT2D eigenvalue weighted by Gasteiger charge is -2.15. The minimum atomic E-state index is -0.452. The van der Waals surface area contributed by atoms with E-state index in [1.54, 1.807) is 24.3 Å². The van der Waals surface area contributed by atoms with E-state index >= 15 is 0 Å². The lowest BCUT2D eigenvalue weighted by atomic mass is 10.1. The maximum atomic E-state index is 12.6. The zero-order valence-electron chi connectivity index (χ0n) is 14.3. The highest BCUT2D eigenvalue weighted by molar-refractivity contribution is 8.26. The second-order valence-electron chi connectivity index (χ2n) is 5.77. The Morgan fingerprint density at radius 3 is 2.63 bits per heavy atom. The molecule has 2 amide bonds. The van der Waals surface area contributed by atoms with Gasteiger partial charge in [-0.05, 0) is 54.6 Å². The summed E-state index contributed by atoms with van der Waals surface area (Å²) in [7, 11) is 0. The van der Waals surface area contributed by atoms with Crippen LogP contribution < -0.4 is 5.43 Å². The van der Waals surface area contributed by atoms with Crippen LogP contribution in [-0.2, 0) is 4.79 Å². The molecule has 0 saturated carbocycles. The number of thioether (sulfide) groups is 1. The van der Waals surface area contributed by atoms with E-state index in [0.29, 0.717) is 15.5 Å². The predicted molar refractivity (Wildman–Crippen MR) is 114 cm³/mol. The average Bonchev–Trinajstić information content (AvgIpc) is 2.89. The third-order valence-electron chi connectivity index (χ3n) is 3.65. The third kappa shape index (κ3) is 4.86. The van der Waals surface area contributed by atoms with Gasteiger partial charge >= 0.3 is 0 Å². The maximum absolute atomic E-state index is 12.6. The van der Waals surface area contributed by atoms with Crippen LogP contribution >= 0.6 is 35.6 Å². The molecule has 0 aromatic heterocycles. The molecule has 1 N–H and O–H groups in total. The van der Waals surface area contributed by atoms with E-state index in [0.717, 1.165) is 27.9 Å². The van der Waals surface area contributed by atoms with Gasteiger partial charge in [-0.2, -0.15) is 5.01 Å². The van der Waals surface area contributed by atoms with Crippen LogP contribution in [0, 0.1) is 0 Å². The van der Waals surface area contributed by atoms with Crippen molar-refractivity contribution in [2.75, 3.05) is 0 Å². The number of hydrogen-bond acceptors (Lipinski definition) is 4. The third-order valence-corrected chi connectivity index (χ3v) is 5.18. The summed E-state index contributed by atoms with van der Waals surface area (Å²) in [5.74, 6) is -0.812. The van der Waals surface area contributed by atoms with Crippen molar-refractivity contribution in [2.24, 2.45) is 0 Å². The number of hydrogen-bond donors (Lipinski definition) is 1. The van der Waals surface area contributed by atoms with Crippen molar-refractivity contribution < 1.29 is 9.59 Å². The van der Waals surface area contributed by atoms with Gasteiger partial charge in [0.2, 0.25) is 0 Å². The summed E-state index contributed by atoms with van der Waals surface area (Å²) in [4.78, 5) is 25.4. The van der Waals surface area contributed by atoms with Gasteiger partial charge in [0.05, 0.1) is 4.91 Å². The number of benzene rings is 2. The molecule has 7 heteroatoms. The van der Waals surface area contributed by atoms with E-state index in [1.807, 2.05) is 43.3 Å². The van der Waals surface area contributed by atoms with E-state index in [9.17, 15) is 9.59 Å². The Morgan fingerprint density at radius 1 is 1.19 bits per heavy atom. The van der Waals surface area contributed by atoms with E-state index in [-0.39, 0.29) is 10.2 Å². The molecule has 1 heterocycles. The van der Waals surface area contributed by atoms with Gasteiger partial charge in [-0.1, -0.05) is 65.8 Å². The van der Waals surface area contributed by atoms with Gasteiger partial charge in [-0.15, -0.1) is 0 Å².